The first-order valence-electron chi connectivity index (χ1n) is 6.37. The molecule has 1 aromatic heterocycles. The molecule has 0 spiro atoms. The van der Waals surface area contributed by atoms with Crippen molar-refractivity contribution in [3.05, 3.63) is 57.6 Å². The molecule has 0 fully saturated rings. The Morgan fingerprint density at radius 2 is 1.91 bits per heavy atom. The minimum absolute atomic E-state index is 0.0479. The van der Waals surface area contributed by atoms with E-state index in [0.717, 1.165) is 11.6 Å². The average Bonchev–Trinajstić information content (AvgIpc) is 2.45. The highest BCUT2D eigenvalue weighted by Gasteiger charge is 2.15. The molecule has 1 N–H and O–H groups in total. The zero-order chi connectivity index (χ0) is 17.1. The Morgan fingerprint density at radius 3 is 2.52 bits per heavy atom. The molecule has 0 amide bonds. The SMILES string of the molecule is Cc1ccc(-c2cc(Cl)nc(Cl)c2/C=C/C(=O)C(=O)O)c(F)c1. The number of aryl methyl sites for hydroxylation is 1. The Bertz CT molecular complexity index is 834. The summed E-state index contributed by atoms with van der Waals surface area (Å²) in [4.78, 5) is 25.6. The molecule has 0 atom stereocenters. The van der Waals surface area contributed by atoms with Crippen LogP contribution in [0.4, 0.5) is 4.39 Å². The lowest BCUT2D eigenvalue weighted by atomic mass is 9.99. The number of carboxylic acids is 1. The number of carbonyl (C=O) groups excluding carboxylic acids is 1. The van der Waals surface area contributed by atoms with Crippen LogP contribution >= 0.6 is 23.2 Å². The molecule has 7 heteroatoms. The molecule has 0 saturated carbocycles. The van der Waals surface area contributed by atoms with E-state index >= 15 is 0 Å². The number of pyridine rings is 1. The van der Waals surface area contributed by atoms with Crippen LogP contribution in [0.5, 0.6) is 0 Å². The molecule has 0 saturated heterocycles. The van der Waals surface area contributed by atoms with Crippen molar-refractivity contribution in [3.63, 3.8) is 0 Å². The van der Waals surface area contributed by atoms with Gasteiger partial charge in [-0.25, -0.2) is 14.2 Å². The number of aromatic nitrogens is 1. The number of carboxylic acid groups (broad SMARTS) is 1. The molecule has 1 aromatic carbocycles. The number of rotatable bonds is 4. The first-order chi connectivity index (χ1) is 10.8. The summed E-state index contributed by atoms with van der Waals surface area (Å²) >= 11 is 11.9. The highest BCUT2D eigenvalue weighted by atomic mass is 35.5. The van der Waals surface area contributed by atoms with Gasteiger partial charge in [-0.15, -0.1) is 0 Å². The summed E-state index contributed by atoms with van der Waals surface area (Å²) in [5.74, 6) is -3.24. The van der Waals surface area contributed by atoms with Crippen molar-refractivity contribution in [1.82, 2.24) is 4.98 Å². The van der Waals surface area contributed by atoms with E-state index in [1.165, 1.54) is 18.2 Å². The predicted octanol–water partition coefficient (Wildman–Crippen LogP) is 4.17. The van der Waals surface area contributed by atoms with E-state index in [1.54, 1.807) is 19.1 Å². The van der Waals surface area contributed by atoms with Crippen molar-refractivity contribution in [2.45, 2.75) is 6.92 Å². The molecule has 1 heterocycles. The van der Waals surface area contributed by atoms with E-state index in [2.05, 4.69) is 4.98 Å². The lowest BCUT2D eigenvalue weighted by molar-refractivity contribution is -0.146. The average molecular weight is 354 g/mol. The summed E-state index contributed by atoms with van der Waals surface area (Å²) in [5, 5.41) is 8.58. The van der Waals surface area contributed by atoms with Crippen molar-refractivity contribution >= 4 is 41.0 Å². The summed E-state index contributed by atoms with van der Waals surface area (Å²) < 4.78 is 14.2. The third-order valence-electron chi connectivity index (χ3n) is 3.01. The Labute approximate surface area is 141 Å². The highest BCUT2D eigenvalue weighted by molar-refractivity contribution is 6.39. The van der Waals surface area contributed by atoms with Crippen LogP contribution < -0.4 is 0 Å². The Balaban J connectivity index is 2.63. The fourth-order valence-corrected chi connectivity index (χ4v) is 2.44. The zero-order valence-electron chi connectivity index (χ0n) is 11.8. The van der Waals surface area contributed by atoms with Crippen LogP contribution in [0.1, 0.15) is 11.1 Å². The summed E-state index contributed by atoms with van der Waals surface area (Å²) in [6.07, 6.45) is 2.01. The van der Waals surface area contributed by atoms with Crippen LogP contribution in [-0.2, 0) is 9.59 Å². The Hall–Kier alpha value is -2.24. The van der Waals surface area contributed by atoms with Crippen LogP contribution in [0.3, 0.4) is 0 Å². The highest BCUT2D eigenvalue weighted by Crippen LogP contribution is 2.33. The van der Waals surface area contributed by atoms with Gasteiger partial charge < -0.3 is 5.11 Å². The van der Waals surface area contributed by atoms with E-state index < -0.39 is 17.6 Å². The molecule has 23 heavy (non-hydrogen) atoms. The van der Waals surface area contributed by atoms with Crippen molar-refractivity contribution in [2.75, 3.05) is 0 Å². The quantitative estimate of drug-likeness (QED) is 0.508. The molecule has 0 aliphatic carbocycles. The number of benzene rings is 1. The standard InChI is InChI=1S/C16H10Cl2FNO3/c1-8-2-3-9(12(19)6-8)11-7-14(17)20-15(18)10(11)4-5-13(21)16(22)23/h2-7H,1H3,(H,22,23)/b5-4+. The maximum absolute atomic E-state index is 14.2. The largest absolute Gasteiger partial charge is 0.475 e. The summed E-state index contributed by atoms with van der Waals surface area (Å²) in [7, 11) is 0. The molecule has 0 bridgehead atoms. The second kappa shape index (κ2) is 6.89. The molecule has 2 rings (SSSR count). The minimum Gasteiger partial charge on any atom is -0.475 e. The zero-order valence-corrected chi connectivity index (χ0v) is 13.3. The van der Waals surface area contributed by atoms with Crippen LogP contribution in [0, 0.1) is 12.7 Å². The third-order valence-corrected chi connectivity index (χ3v) is 3.49. The lowest BCUT2D eigenvalue weighted by Crippen LogP contribution is -2.08. The van der Waals surface area contributed by atoms with Gasteiger partial charge in [0.2, 0.25) is 0 Å². The van der Waals surface area contributed by atoms with Crippen LogP contribution in [0.2, 0.25) is 10.3 Å². The van der Waals surface area contributed by atoms with Crippen molar-refractivity contribution in [1.29, 1.82) is 0 Å². The summed E-state index contributed by atoms with van der Waals surface area (Å²) in [6.45, 7) is 1.74. The number of hydrogen-bond donors (Lipinski definition) is 1. The van der Waals surface area contributed by atoms with Gasteiger partial charge >= 0.3 is 5.97 Å². The minimum atomic E-state index is -1.61. The van der Waals surface area contributed by atoms with Crippen LogP contribution in [0.25, 0.3) is 17.2 Å². The van der Waals surface area contributed by atoms with E-state index in [9.17, 15) is 14.0 Å². The Kier molecular flexibility index (Phi) is 5.13. The van der Waals surface area contributed by atoms with Gasteiger partial charge in [-0.2, -0.15) is 0 Å². The number of ketones is 1. The van der Waals surface area contributed by atoms with Crippen LogP contribution in [-0.4, -0.2) is 21.8 Å². The third kappa shape index (κ3) is 3.94. The van der Waals surface area contributed by atoms with Gasteiger partial charge in [0.1, 0.15) is 16.1 Å². The predicted molar refractivity (Wildman–Crippen MR) is 86.1 cm³/mol. The summed E-state index contributed by atoms with van der Waals surface area (Å²) in [6, 6.07) is 5.99. The topological polar surface area (TPSA) is 67.3 Å². The van der Waals surface area contributed by atoms with Gasteiger partial charge in [0.05, 0.1) is 0 Å². The van der Waals surface area contributed by atoms with Gasteiger partial charge in [0.25, 0.3) is 5.78 Å². The molecule has 0 aliphatic heterocycles. The lowest BCUT2D eigenvalue weighted by Gasteiger charge is -2.10. The van der Waals surface area contributed by atoms with Crippen molar-refractivity contribution < 1.29 is 19.1 Å². The normalized spacial score (nSPS) is 11.0. The molecule has 4 nitrogen and oxygen atoms in total. The fraction of sp³-hybridized carbons (Fsp3) is 0.0625. The second-order valence-corrected chi connectivity index (χ2v) is 5.43. The smallest absolute Gasteiger partial charge is 0.376 e. The molecule has 0 radical (unpaired) electrons. The van der Waals surface area contributed by atoms with Crippen molar-refractivity contribution in [2.24, 2.45) is 0 Å². The number of carbonyl (C=O) groups is 2. The Morgan fingerprint density at radius 1 is 1.22 bits per heavy atom. The maximum Gasteiger partial charge on any atom is 0.376 e. The number of hydrogen-bond acceptors (Lipinski definition) is 3. The van der Waals surface area contributed by atoms with E-state index in [4.69, 9.17) is 28.3 Å². The van der Waals surface area contributed by atoms with Crippen LogP contribution in [0.15, 0.2) is 30.3 Å². The molecular weight excluding hydrogens is 344 g/mol. The monoisotopic (exact) mass is 353 g/mol. The van der Waals surface area contributed by atoms with Crippen molar-refractivity contribution in [3.8, 4) is 11.1 Å². The molecule has 118 valence electrons. The molecule has 0 unspecified atom stereocenters. The van der Waals surface area contributed by atoms with E-state index in [-0.39, 0.29) is 21.4 Å². The van der Waals surface area contributed by atoms with Gasteiger partial charge in [0.15, 0.2) is 0 Å². The van der Waals surface area contributed by atoms with Gasteiger partial charge in [0, 0.05) is 11.1 Å². The second-order valence-electron chi connectivity index (χ2n) is 4.68. The first-order valence-corrected chi connectivity index (χ1v) is 7.13. The summed E-state index contributed by atoms with van der Waals surface area (Å²) in [5.41, 5.74) is 1.45. The fourth-order valence-electron chi connectivity index (χ4n) is 1.94. The molecule has 0 aliphatic rings. The number of halogens is 3. The molecular formula is C16H10Cl2FNO3. The first kappa shape index (κ1) is 17.1. The number of nitrogens with zero attached hydrogens (tertiary/aromatic N) is 1. The van der Waals surface area contributed by atoms with Gasteiger partial charge in [-0.05, 0) is 42.3 Å². The van der Waals surface area contributed by atoms with E-state index in [0.29, 0.717) is 5.56 Å². The number of aliphatic carboxylic acids is 1. The van der Waals surface area contributed by atoms with Gasteiger partial charge in [-0.1, -0.05) is 35.3 Å². The maximum atomic E-state index is 14.2. The van der Waals surface area contributed by atoms with Gasteiger partial charge in [-0.3, -0.25) is 4.79 Å². The van der Waals surface area contributed by atoms with E-state index in [1.807, 2.05) is 0 Å². The molecule has 2 aromatic rings.